The predicted octanol–water partition coefficient (Wildman–Crippen LogP) is 3.69. The van der Waals surface area contributed by atoms with E-state index in [1.165, 1.54) is 6.07 Å². The van der Waals surface area contributed by atoms with Gasteiger partial charge < -0.3 is 20.1 Å². The molecule has 0 heterocycles. The van der Waals surface area contributed by atoms with Crippen LogP contribution < -0.4 is 20.1 Å². The summed E-state index contributed by atoms with van der Waals surface area (Å²) in [6, 6.07) is 13.3. The van der Waals surface area contributed by atoms with Crippen molar-refractivity contribution in [1.29, 1.82) is 0 Å². The van der Waals surface area contributed by atoms with Gasteiger partial charge in [-0.05, 0) is 30.7 Å². The number of alkyl halides is 2. The summed E-state index contributed by atoms with van der Waals surface area (Å²) in [4.78, 5) is 11.9. The van der Waals surface area contributed by atoms with E-state index in [-0.39, 0.29) is 12.3 Å². The van der Waals surface area contributed by atoms with Crippen LogP contribution in [0.3, 0.4) is 0 Å². The monoisotopic (exact) mass is 350 g/mol. The number of rotatable bonds is 8. The van der Waals surface area contributed by atoms with Crippen LogP contribution in [0.4, 0.5) is 13.6 Å². The number of amides is 2. The van der Waals surface area contributed by atoms with Crippen molar-refractivity contribution in [2.45, 2.75) is 26.6 Å². The van der Waals surface area contributed by atoms with Crippen LogP contribution in [0, 0.1) is 0 Å². The minimum absolute atomic E-state index is 0.0437. The maximum atomic E-state index is 12.4. The topological polar surface area (TPSA) is 59.6 Å². The van der Waals surface area contributed by atoms with Gasteiger partial charge in [0.05, 0.1) is 6.61 Å². The number of carbonyl (C=O) groups is 1. The number of ether oxygens (including phenoxy) is 2. The van der Waals surface area contributed by atoms with Crippen molar-refractivity contribution in [2.24, 2.45) is 0 Å². The highest BCUT2D eigenvalue weighted by Crippen LogP contribution is 2.19. The number of urea groups is 1. The van der Waals surface area contributed by atoms with Crippen LogP contribution >= 0.6 is 0 Å². The number of benzene rings is 2. The second-order valence-electron chi connectivity index (χ2n) is 5.10. The van der Waals surface area contributed by atoms with E-state index in [0.717, 1.165) is 11.3 Å². The summed E-state index contributed by atoms with van der Waals surface area (Å²) in [6.07, 6.45) is 0. The fourth-order valence-electron chi connectivity index (χ4n) is 2.19. The van der Waals surface area contributed by atoms with Crippen LogP contribution in [-0.4, -0.2) is 19.2 Å². The van der Waals surface area contributed by atoms with Gasteiger partial charge >= 0.3 is 12.6 Å². The van der Waals surface area contributed by atoms with E-state index in [2.05, 4.69) is 15.4 Å². The smallest absolute Gasteiger partial charge is 0.387 e. The molecule has 0 bridgehead atoms. The third kappa shape index (κ3) is 6.29. The van der Waals surface area contributed by atoms with Crippen LogP contribution in [0.15, 0.2) is 48.5 Å². The molecule has 0 unspecified atom stereocenters. The number of para-hydroxylation sites is 1. The lowest BCUT2D eigenvalue weighted by Gasteiger charge is -2.12. The number of nitrogens with one attached hydrogen (secondary N) is 2. The van der Waals surface area contributed by atoms with Crippen molar-refractivity contribution >= 4 is 6.03 Å². The van der Waals surface area contributed by atoms with Gasteiger partial charge in [0.1, 0.15) is 11.5 Å². The Kier molecular flexibility index (Phi) is 7.00. The molecule has 0 aliphatic heterocycles. The summed E-state index contributed by atoms with van der Waals surface area (Å²) in [7, 11) is 0. The van der Waals surface area contributed by atoms with Crippen molar-refractivity contribution in [2.75, 3.05) is 6.61 Å². The van der Waals surface area contributed by atoms with E-state index >= 15 is 0 Å². The molecule has 0 aliphatic carbocycles. The zero-order valence-corrected chi connectivity index (χ0v) is 13.8. The molecule has 2 N–H and O–H groups in total. The van der Waals surface area contributed by atoms with Gasteiger partial charge in [-0.15, -0.1) is 0 Å². The number of halogens is 2. The first-order chi connectivity index (χ1) is 12.1. The first-order valence-electron chi connectivity index (χ1n) is 7.84. The summed E-state index contributed by atoms with van der Waals surface area (Å²) < 4.78 is 34.6. The Morgan fingerprint density at radius 1 is 1.08 bits per heavy atom. The molecule has 2 amide bonds. The highest BCUT2D eigenvalue weighted by atomic mass is 19.3. The van der Waals surface area contributed by atoms with Gasteiger partial charge in [-0.3, -0.25) is 0 Å². The third-order valence-corrected chi connectivity index (χ3v) is 3.29. The van der Waals surface area contributed by atoms with Crippen molar-refractivity contribution in [3.8, 4) is 11.5 Å². The molecule has 134 valence electrons. The van der Waals surface area contributed by atoms with Crippen molar-refractivity contribution in [3.05, 3.63) is 59.7 Å². The average Bonchev–Trinajstić information content (AvgIpc) is 2.59. The molecule has 0 aromatic heterocycles. The summed E-state index contributed by atoms with van der Waals surface area (Å²) in [5.41, 5.74) is 1.36. The molecule has 2 rings (SSSR count). The van der Waals surface area contributed by atoms with Gasteiger partial charge in [0.2, 0.25) is 0 Å². The van der Waals surface area contributed by atoms with E-state index in [1.54, 1.807) is 18.2 Å². The molecule has 5 nitrogen and oxygen atoms in total. The zero-order valence-electron chi connectivity index (χ0n) is 13.8. The Balaban J connectivity index is 1.84. The molecular weight excluding hydrogens is 330 g/mol. The molecule has 7 heteroatoms. The Labute approximate surface area is 144 Å². The summed E-state index contributed by atoms with van der Waals surface area (Å²) in [5, 5.41) is 5.32. The van der Waals surface area contributed by atoms with Gasteiger partial charge in [-0.2, -0.15) is 8.78 Å². The molecule has 0 radical (unpaired) electrons. The van der Waals surface area contributed by atoms with Gasteiger partial charge in [-0.25, -0.2) is 4.79 Å². The van der Waals surface area contributed by atoms with Crippen LogP contribution in [0.5, 0.6) is 11.5 Å². The Bertz CT molecular complexity index is 696. The van der Waals surface area contributed by atoms with E-state index in [9.17, 15) is 13.6 Å². The van der Waals surface area contributed by atoms with Crippen molar-refractivity contribution < 1.29 is 23.0 Å². The largest absolute Gasteiger partial charge is 0.494 e. The Morgan fingerprint density at radius 2 is 1.84 bits per heavy atom. The Morgan fingerprint density at radius 3 is 2.60 bits per heavy atom. The molecule has 25 heavy (non-hydrogen) atoms. The summed E-state index contributed by atoms with van der Waals surface area (Å²) in [6.45, 7) is -0.0475. The van der Waals surface area contributed by atoms with E-state index in [4.69, 9.17) is 4.74 Å². The molecule has 2 aromatic rings. The lowest BCUT2D eigenvalue weighted by Crippen LogP contribution is -2.34. The molecule has 0 fully saturated rings. The van der Waals surface area contributed by atoms with Crippen LogP contribution in [0.2, 0.25) is 0 Å². The second kappa shape index (κ2) is 9.46. The molecule has 0 atom stereocenters. The standard InChI is InChI=1S/C18H20F2N2O3/c1-2-24-15-8-5-6-13(10-15)11-21-18(23)22-12-14-7-3-4-9-16(14)25-17(19)20/h3-10,17H,2,11-12H2,1H3,(H2,21,22,23). The van der Waals surface area contributed by atoms with E-state index < -0.39 is 12.6 Å². The van der Waals surface area contributed by atoms with Crippen molar-refractivity contribution in [1.82, 2.24) is 10.6 Å². The normalized spacial score (nSPS) is 10.4. The third-order valence-electron chi connectivity index (χ3n) is 3.29. The predicted molar refractivity (Wildman–Crippen MR) is 89.8 cm³/mol. The van der Waals surface area contributed by atoms with Crippen LogP contribution in [0.25, 0.3) is 0 Å². The van der Waals surface area contributed by atoms with E-state index in [0.29, 0.717) is 18.7 Å². The average molecular weight is 350 g/mol. The maximum absolute atomic E-state index is 12.4. The molecule has 2 aromatic carbocycles. The van der Waals surface area contributed by atoms with Crippen molar-refractivity contribution in [3.63, 3.8) is 0 Å². The number of hydrogen-bond donors (Lipinski definition) is 2. The highest BCUT2D eigenvalue weighted by molar-refractivity contribution is 5.73. The van der Waals surface area contributed by atoms with Gasteiger partial charge in [0.15, 0.2) is 0 Å². The molecule has 0 spiro atoms. The molecule has 0 saturated heterocycles. The summed E-state index contributed by atoms with van der Waals surface area (Å²) in [5.74, 6) is 0.780. The lowest BCUT2D eigenvalue weighted by molar-refractivity contribution is -0.0504. The fourth-order valence-corrected chi connectivity index (χ4v) is 2.19. The lowest BCUT2D eigenvalue weighted by atomic mass is 10.2. The Hall–Kier alpha value is -2.83. The SMILES string of the molecule is CCOc1cccc(CNC(=O)NCc2ccccc2OC(F)F)c1. The number of carbonyl (C=O) groups excluding carboxylic acids is 1. The minimum Gasteiger partial charge on any atom is -0.494 e. The zero-order chi connectivity index (χ0) is 18.1. The van der Waals surface area contributed by atoms with Crippen LogP contribution in [-0.2, 0) is 13.1 Å². The quantitative estimate of drug-likeness (QED) is 0.763. The first-order valence-corrected chi connectivity index (χ1v) is 7.84. The number of hydrogen-bond acceptors (Lipinski definition) is 3. The van der Waals surface area contributed by atoms with Gasteiger partial charge in [0.25, 0.3) is 0 Å². The summed E-state index contributed by atoms with van der Waals surface area (Å²) >= 11 is 0. The fraction of sp³-hybridized carbons (Fsp3) is 0.278. The minimum atomic E-state index is -2.91. The molecule has 0 saturated carbocycles. The maximum Gasteiger partial charge on any atom is 0.387 e. The van der Waals surface area contributed by atoms with E-state index in [1.807, 2.05) is 31.2 Å². The van der Waals surface area contributed by atoms with Crippen LogP contribution in [0.1, 0.15) is 18.1 Å². The van der Waals surface area contributed by atoms with Gasteiger partial charge in [0, 0.05) is 18.7 Å². The molecular formula is C18H20F2N2O3. The highest BCUT2D eigenvalue weighted by Gasteiger charge is 2.10. The second-order valence-corrected chi connectivity index (χ2v) is 5.10. The van der Waals surface area contributed by atoms with Gasteiger partial charge in [-0.1, -0.05) is 30.3 Å². The molecule has 0 aliphatic rings. The first kappa shape index (κ1) is 18.5.